The Labute approximate surface area is 112 Å². The van der Waals surface area contributed by atoms with Crippen molar-refractivity contribution in [1.29, 1.82) is 0 Å². The van der Waals surface area contributed by atoms with E-state index in [1.807, 2.05) is 13.8 Å². The third-order valence-corrected chi connectivity index (χ3v) is 2.73. The van der Waals surface area contributed by atoms with E-state index in [4.69, 9.17) is 10.8 Å². The highest BCUT2D eigenvalue weighted by Crippen LogP contribution is 2.18. The van der Waals surface area contributed by atoms with Crippen molar-refractivity contribution in [3.63, 3.8) is 0 Å². The Hall–Kier alpha value is -1.88. The van der Waals surface area contributed by atoms with Gasteiger partial charge in [0.25, 0.3) is 0 Å². The second-order valence-corrected chi connectivity index (χ2v) is 5.08. The number of nitrogens with one attached hydrogen (secondary N) is 1. The summed E-state index contributed by atoms with van der Waals surface area (Å²) in [6.07, 6.45) is 0.556. The zero-order valence-electron chi connectivity index (χ0n) is 11.4. The fourth-order valence-electron chi connectivity index (χ4n) is 1.78. The maximum absolute atomic E-state index is 11.9. The lowest BCUT2D eigenvalue weighted by Crippen LogP contribution is -2.37. The van der Waals surface area contributed by atoms with E-state index in [0.717, 1.165) is 5.56 Å². The Balaban J connectivity index is 2.87. The molecule has 1 amide bonds. The fraction of sp³-hybridized carbons (Fsp3) is 0.429. The van der Waals surface area contributed by atoms with E-state index < -0.39 is 12.0 Å². The average molecular weight is 264 g/mol. The number of anilines is 1. The second-order valence-electron chi connectivity index (χ2n) is 5.08. The lowest BCUT2D eigenvalue weighted by Gasteiger charge is -2.15. The monoisotopic (exact) mass is 264 g/mol. The Morgan fingerprint density at radius 1 is 1.37 bits per heavy atom. The van der Waals surface area contributed by atoms with Gasteiger partial charge in [0.05, 0.1) is 17.3 Å². The van der Waals surface area contributed by atoms with Gasteiger partial charge < -0.3 is 16.2 Å². The molecule has 1 rings (SSSR count). The maximum Gasteiger partial charge on any atom is 0.337 e. The third kappa shape index (κ3) is 4.37. The first kappa shape index (κ1) is 15.2. The Morgan fingerprint density at radius 3 is 2.53 bits per heavy atom. The van der Waals surface area contributed by atoms with Crippen LogP contribution in [-0.2, 0) is 4.79 Å². The van der Waals surface area contributed by atoms with Crippen molar-refractivity contribution in [3.8, 4) is 0 Å². The number of hydrogen-bond acceptors (Lipinski definition) is 3. The van der Waals surface area contributed by atoms with Crippen LogP contribution in [0.4, 0.5) is 5.69 Å². The number of carbonyl (C=O) groups excluding carboxylic acids is 1. The molecule has 0 aliphatic rings. The van der Waals surface area contributed by atoms with Gasteiger partial charge >= 0.3 is 5.97 Å². The molecular formula is C14H20N2O3. The summed E-state index contributed by atoms with van der Waals surface area (Å²) in [6.45, 7) is 5.74. The molecule has 1 unspecified atom stereocenters. The molecule has 104 valence electrons. The summed E-state index contributed by atoms with van der Waals surface area (Å²) < 4.78 is 0. The van der Waals surface area contributed by atoms with Crippen LogP contribution in [0, 0.1) is 12.8 Å². The minimum atomic E-state index is -1.07. The van der Waals surface area contributed by atoms with Gasteiger partial charge in [-0.15, -0.1) is 0 Å². The molecule has 0 saturated carbocycles. The van der Waals surface area contributed by atoms with Gasteiger partial charge in [-0.25, -0.2) is 4.79 Å². The predicted molar refractivity (Wildman–Crippen MR) is 74.2 cm³/mol. The highest BCUT2D eigenvalue weighted by atomic mass is 16.4. The minimum Gasteiger partial charge on any atom is -0.478 e. The number of hydrogen-bond donors (Lipinski definition) is 3. The molecule has 0 spiro atoms. The predicted octanol–water partition coefficient (Wildman–Crippen LogP) is 2.01. The number of benzene rings is 1. The number of carbonyl (C=O) groups is 2. The van der Waals surface area contributed by atoms with Crippen LogP contribution in [0.25, 0.3) is 0 Å². The van der Waals surface area contributed by atoms with Gasteiger partial charge in [0.2, 0.25) is 5.91 Å². The highest BCUT2D eigenvalue weighted by molar-refractivity contribution is 6.02. The van der Waals surface area contributed by atoms with Crippen molar-refractivity contribution in [2.75, 3.05) is 5.32 Å². The van der Waals surface area contributed by atoms with E-state index >= 15 is 0 Å². The molecule has 5 nitrogen and oxygen atoms in total. The van der Waals surface area contributed by atoms with E-state index in [0.29, 0.717) is 12.3 Å². The summed E-state index contributed by atoms with van der Waals surface area (Å²) in [5, 5.41) is 11.7. The van der Waals surface area contributed by atoms with Gasteiger partial charge in [-0.2, -0.15) is 0 Å². The molecular weight excluding hydrogens is 244 g/mol. The average Bonchev–Trinajstić information content (AvgIpc) is 2.30. The van der Waals surface area contributed by atoms with Crippen molar-refractivity contribution in [2.45, 2.75) is 33.2 Å². The van der Waals surface area contributed by atoms with Gasteiger partial charge in [-0.3, -0.25) is 4.79 Å². The number of aromatic carboxylic acids is 1. The van der Waals surface area contributed by atoms with E-state index in [1.165, 1.54) is 6.07 Å². The van der Waals surface area contributed by atoms with Crippen LogP contribution < -0.4 is 11.1 Å². The van der Waals surface area contributed by atoms with Crippen LogP contribution >= 0.6 is 0 Å². The molecule has 0 aliphatic heterocycles. The number of amides is 1. The van der Waals surface area contributed by atoms with Gasteiger partial charge in [0.15, 0.2) is 0 Å². The largest absolute Gasteiger partial charge is 0.478 e. The SMILES string of the molecule is Cc1ccc(NC(=O)C(N)CC(C)C)c(C(=O)O)c1. The number of rotatable bonds is 5. The summed E-state index contributed by atoms with van der Waals surface area (Å²) in [5.41, 5.74) is 6.94. The molecule has 0 aliphatic carbocycles. The fourth-order valence-corrected chi connectivity index (χ4v) is 1.78. The number of carboxylic acids is 1. The second kappa shape index (κ2) is 6.33. The zero-order valence-corrected chi connectivity index (χ0v) is 11.4. The molecule has 0 radical (unpaired) electrons. The molecule has 0 heterocycles. The van der Waals surface area contributed by atoms with E-state index in [2.05, 4.69) is 5.32 Å². The minimum absolute atomic E-state index is 0.0742. The molecule has 1 atom stereocenters. The molecule has 1 aromatic rings. The Kier molecular flexibility index (Phi) is 5.06. The molecule has 0 bridgehead atoms. The normalized spacial score (nSPS) is 12.3. The number of aryl methyl sites for hydroxylation is 1. The van der Waals surface area contributed by atoms with Crippen LogP contribution in [0.5, 0.6) is 0 Å². The first-order chi connectivity index (χ1) is 8.81. The Morgan fingerprint density at radius 2 is 2.00 bits per heavy atom. The summed E-state index contributed by atoms with van der Waals surface area (Å²) in [4.78, 5) is 23.0. The van der Waals surface area contributed by atoms with Crippen LogP contribution in [0.1, 0.15) is 36.2 Å². The molecule has 4 N–H and O–H groups in total. The molecule has 5 heteroatoms. The van der Waals surface area contributed by atoms with Crippen LogP contribution in [0.15, 0.2) is 18.2 Å². The van der Waals surface area contributed by atoms with Crippen molar-refractivity contribution in [3.05, 3.63) is 29.3 Å². The van der Waals surface area contributed by atoms with Crippen molar-refractivity contribution in [2.24, 2.45) is 11.7 Å². The van der Waals surface area contributed by atoms with E-state index in [-0.39, 0.29) is 17.2 Å². The van der Waals surface area contributed by atoms with E-state index in [9.17, 15) is 9.59 Å². The lowest BCUT2D eigenvalue weighted by atomic mass is 10.0. The zero-order chi connectivity index (χ0) is 14.6. The first-order valence-corrected chi connectivity index (χ1v) is 6.21. The van der Waals surface area contributed by atoms with Crippen LogP contribution in [0.3, 0.4) is 0 Å². The standard InChI is InChI=1S/C14H20N2O3/c1-8(2)6-11(15)13(17)16-12-5-4-9(3)7-10(12)14(18)19/h4-5,7-8,11H,6,15H2,1-3H3,(H,16,17)(H,18,19). The quantitative estimate of drug-likeness (QED) is 0.758. The van der Waals surface area contributed by atoms with E-state index in [1.54, 1.807) is 19.1 Å². The number of nitrogens with two attached hydrogens (primary N) is 1. The van der Waals surface area contributed by atoms with Crippen molar-refractivity contribution in [1.82, 2.24) is 0 Å². The highest BCUT2D eigenvalue weighted by Gasteiger charge is 2.18. The lowest BCUT2D eigenvalue weighted by molar-refractivity contribution is -0.117. The number of carboxylic acid groups (broad SMARTS) is 1. The first-order valence-electron chi connectivity index (χ1n) is 6.21. The van der Waals surface area contributed by atoms with Gasteiger partial charge in [0, 0.05) is 0 Å². The molecule has 0 aromatic heterocycles. The summed E-state index contributed by atoms with van der Waals surface area (Å²) in [5.74, 6) is -1.13. The summed E-state index contributed by atoms with van der Waals surface area (Å²) in [7, 11) is 0. The summed E-state index contributed by atoms with van der Waals surface area (Å²) >= 11 is 0. The van der Waals surface area contributed by atoms with Crippen LogP contribution in [-0.4, -0.2) is 23.0 Å². The molecule has 19 heavy (non-hydrogen) atoms. The summed E-state index contributed by atoms with van der Waals surface area (Å²) in [6, 6.07) is 4.21. The van der Waals surface area contributed by atoms with Gasteiger partial charge in [-0.1, -0.05) is 25.5 Å². The van der Waals surface area contributed by atoms with Gasteiger partial charge in [-0.05, 0) is 31.4 Å². The van der Waals surface area contributed by atoms with Crippen LogP contribution in [0.2, 0.25) is 0 Å². The molecule has 0 fully saturated rings. The topological polar surface area (TPSA) is 92.4 Å². The molecule has 1 aromatic carbocycles. The van der Waals surface area contributed by atoms with Gasteiger partial charge in [0.1, 0.15) is 0 Å². The smallest absolute Gasteiger partial charge is 0.337 e. The Bertz CT molecular complexity index is 484. The van der Waals surface area contributed by atoms with Crippen molar-refractivity contribution < 1.29 is 14.7 Å². The molecule has 0 saturated heterocycles. The third-order valence-electron chi connectivity index (χ3n) is 2.73. The maximum atomic E-state index is 11.9. The van der Waals surface area contributed by atoms with Crippen molar-refractivity contribution >= 4 is 17.6 Å².